The monoisotopic (exact) mass is 440 g/mol. The zero-order valence-corrected chi connectivity index (χ0v) is 19.3. The Morgan fingerprint density at radius 2 is 1.94 bits per heavy atom. The fraction of sp³-hybridized carbons (Fsp3) is 0.500. The van der Waals surface area contributed by atoms with Crippen molar-refractivity contribution in [3.63, 3.8) is 0 Å². The fourth-order valence-electron chi connectivity index (χ4n) is 3.97. The second kappa shape index (κ2) is 11.3. The van der Waals surface area contributed by atoms with Crippen LogP contribution in [0.2, 0.25) is 0 Å². The van der Waals surface area contributed by atoms with Crippen molar-refractivity contribution in [3.05, 3.63) is 48.3 Å². The van der Waals surface area contributed by atoms with E-state index < -0.39 is 0 Å². The summed E-state index contributed by atoms with van der Waals surface area (Å²) in [6, 6.07) is 7.09. The molecule has 0 spiro atoms. The summed E-state index contributed by atoms with van der Waals surface area (Å²) in [5, 5.41) is 12.2. The number of amides is 1. The van der Waals surface area contributed by atoms with Gasteiger partial charge in [-0.25, -0.2) is 0 Å². The molecule has 1 aromatic carbocycles. The maximum Gasteiger partial charge on any atom is 0.224 e. The van der Waals surface area contributed by atoms with E-state index in [2.05, 4.69) is 26.7 Å². The van der Waals surface area contributed by atoms with E-state index in [-0.39, 0.29) is 16.9 Å². The molecule has 1 aliphatic rings. The Morgan fingerprint density at radius 3 is 2.58 bits per heavy atom. The van der Waals surface area contributed by atoms with E-state index in [0.29, 0.717) is 30.1 Å². The lowest BCUT2D eigenvalue weighted by atomic mass is 9.89. The topological polar surface area (TPSA) is 76.9 Å². The van der Waals surface area contributed by atoms with Gasteiger partial charge in [0, 0.05) is 30.1 Å². The molecule has 2 aromatic rings. The van der Waals surface area contributed by atoms with Gasteiger partial charge in [-0.2, -0.15) is 0 Å². The Bertz CT molecular complexity index is 901. The normalized spacial score (nSPS) is 15.4. The Morgan fingerprint density at radius 1 is 1.23 bits per heavy atom. The third-order valence-electron chi connectivity index (χ3n) is 5.61. The fourth-order valence-corrected chi connectivity index (χ4v) is 4.91. The minimum Gasteiger partial charge on any atom is -0.326 e. The number of Topliss-reactive ketones (excluding diaryl/α,β-unsaturated/α-hetero) is 1. The van der Waals surface area contributed by atoms with Crippen molar-refractivity contribution in [1.29, 1.82) is 0 Å². The number of hydrogen-bond acceptors (Lipinski definition) is 5. The Hall–Kier alpha value is -2.41. The number of carbonyl (C=O) groups excluding carboxylic acids is 2. The highest BCUT2D eigenvalue weighted by Gasteiger charge is 2.25. The van der Waals surface area contributed by atoms with Gasteiger partial charge in [-0.3, -0.25) is 9.59 Å². The molecule has 0 saturated heterocycles. The summed E-state index contributed by atoms with van der Waals surface area (Å²) in [6.07, 6.45) is 9.21. The van der Waals surface area contributed by atoms with Gasteiger partial charge >= 0.3 is 0 Å². The summed E-state index contributed by atoms with van der Waals surface area (Å²) >= 11 is 1.44. The third-order valence-corrected chi connectivity index (χ3v) is 6.69. The molecule has 1 N–H and O–H groups in total. The number of anilines is 1. The largest absolute Gasteiger partial charge is 0.326 e. The first-order valence-electron chi connectivity index (χ1n) is 11.2. The zero-order chi connectivity index (χ0) is 22.2. The van der Waals surface area contributed by atoms with Gasteiger partial charge in [0.05, 0.1) is 5.25 Å². The van der Waals surface area contributed by atoms with Crippen LogP contribution in [0.3, 0.4) is 0 Å². The first kappa shape index (κ1) is 23.3. The summed E-state index contributed by atoms with van der Waals surface area (Å²) < 4.78 is 2.11. The Balaban J connectivity index is 1.68. The van der Waals surface area contributed by atoms with E-state index in [1.165, 1.54) is 31.0 Å². The zero-order valence-electron chi connectivity index (χ0n) is 18.5. The highest BCUT2D eigenvalue weighted by atomic mass is 32.2. The predicted octanol–water partition coefficient (Wildman–Crippen LogP) is 5.61. The Labute approximate surface area is 188 Å². The number of aromatic nitrogens is 3. The number of nitrogens with zero attached hydrogens (tertiary/aromatic N) is 3. The smallest absolute Gasteiger partial charge is 0.224 e. The average molecular weight is 441 g/mol. The number of nitrogens with one attached hydrogen (secondary N) is 1. The molecule has 0 unspecified atom stereocenters. The molecule has 1 amide bonds. The van der Waals surface area contributed by atoms with Gasteiger partial charge in [0.15, 0.2) is 10.9 Å². The van der Waals surface area contributed by atoms with Crippen LogP contribution in [-0.2, 0) is 11.3 Å². The third kappa shape index (κ3) is 6.06. The average Bonchev–Trinajstić information content (AvgIpc) is 3.17. The molecule has 7 heteroatoms. The van der Waals surface area contributed by atoms with Gasteiger partial charge < -0.3 is 9.88 Å². The standard InChI is InChI=1S/C24H32N4O2S/c1-4-9-21(29)25-20-14-12-18(13-15-20)22(30)17(3)31-24-27-26-23(28(24)16-5-2)19-10-7-6-8-11-19/h5,12-15,17,19H,2,4,6-11,16H2,1,3H3,(H,25,29)/t17-/m0/s1. The van der Waals surface area contributed by atoms with E-state index >= 15 is 0 Å². The van der Waals surface area contributed by atoms with Gasteiger partial charge in [0.1, 0.15) is 5.82 Å². The van der Waals surface area contributed by atoms with E-state index in [9.17, 15) is 9.59 Å². The number of ketones is 1. The second-order valence-corrected chi connectivity index (χ2v) is 9.38. The molecule has 6 nitrogen and oxygen atoms in total. The van der Waals surface area contributed by atoms with Crippen molar-refractivity contribution in [1.82, 2.24) is 14.8 Å². The highest BCUT2D eigenvalue weighted by molar-refractivity contribution is 8.00. The molecule has 1 aliphatic carbocycles. The number of thioether (sulfide) groups is 1. The highest BCUT2D eigenvalue weighted by Crippen LogP contribution is 2.34. The van der Waals surface area contributed by atoms with Crippen LogP contribution in [0.25, 0.3) is 0 Å². The molecule has 0 aliphatic heterocycles. The van der Waals surface area contributed by atoms with Crippen molar-refractivity contribution < 1.29 is 9.59 Å². The first-order valence-corrected chi connectivity index (χ1v) is 12.1. The lowest BCUT2D eigenvalue weighted by molar-refractivity contribution is -0.116. The first-order chi connectivity index (χ1) is 15.0. The van der Waals surface area contributed by atoms with Crippen molar-refractivity contribution in [2.75, 3.05) is 5.32 Å². The number of allylic oxidation sites excluding steroid dienone is 1. The molecule has 1 atom stereocenters. The summed E-state index contributed by atoms with van der Waals surface area (Å²) in [5.74, 6) is 1.48. The molecular formula is C24H32N4O2S. The number of benzene rings is 1. The maximum atomic E-state index is 13.0. The summed E-state index contributed by atoms with van der Waals surface area (Å²) in [5.41, 5.74) is 1.33. The molecule has 1 aromatic heterocycles. The van der Waals surface area contributed by atoms with Gasteiger partial charge in [-0.05, 0) is 50.5 Å². The van der Waals surface area contributed by atoms with Gasteiger partial charge in [0.25, 0.3) is 0 Å². The van der Waals surface area contributed by atoms with Gasteiger partial charge in [-0.15, -0.1) is 16.8 Å². The van der Waals surface area contributed by atoms with Crippen molar-refractivity contribution in [2.24, 2.45) is 0 Å². The molecule has 166 valence electrons. The van der Waals surface area contributed by atoms with Crippen LogP contribution in [-0.4, -0.2) is 31.7 Å². The van der Waals surface area contributed by atoms with E-state index in [1.807, 2.05) is 19.9 Å². The number of hydrogen-bond donors (Lipinski definition) is 1. The summed E-state index contributed by atoms with van der Waals surface area (Å²) in [6.45, 7) is 8.40. The SMILES string of the molecule is C=CCn1c(S[C@@H](C)C(=O)c2ccc(NC(=O)CCC)cc2)nnc1C1CCCCC1. The lowest BCUT2D eigenvalue weighted by Crippen LogP contribution is -2.16. The molecular weight excluding hydrogens is 408 g/mol. The van der Waals surface area contributed by atoms with Crippen LogP contribution < -0.4 is 5.32 Å². The number of rotatable bonds is 10. The Kier molecular flexibility index (Phi) is 8.46. The van der Waals surface area contributed by atoms with Crippen molar-refractivity contribution in [2.45, 2.75) is 81.7 Å². The molecule has 31 heavy (non-hydrogen) atoms. The van der Waals surface area contributed by atoms with E-state index in [4.69, 9.17) is 0 Å². The minimum absolute atomic E-state index is 0.0131. The van der Waals surface area contributed by atoms with Crippen LogP contribution in [0.4, 0.5) is 5.69 Å². The number of carbonyl (C=O) groups is 2. The van der Waals surface area contributed by atoms with Gasteiger partial charge in [0.2, 0.25) is 5.91 Å². The molecule has 0 bridgehead atoms. The van der Waals surface area contributed by atoms with Crippen LogP contribution >= 0.6 is 11.8 Å². The van der Waals surface area contributed by atoms with Crippen LogP contribution in [0.5, 0.6) is 0 Å². The van der Waals surface area contributed by atoms with Gasteiger partial charge in [-0.1, -0.05) is 44.0 Å². The maximum absolute atomic E-state index is 13.0. The van der Waals surface area contributed by atoms with Crippen LogP contribution in [0, 0.1) is 0 Å². The van der Waals surface area contributed by atoms with Crippen LogP contribution in [0.15, 0.2) is 42.1 Å². The molecule has 1 fully saturated rings. The molecule has 1 saturated carbocycles. The lowest BCUT2D eigenvalue weighted by Gasteiger charge is -2.21. The molecule has 3 rings (SSSR count). The van der Waals surface area contributed by atoms with Crippen molar-refractivity contribution >= 4 is 29.1 Å². The second-order valence-electron chi connectivity index (χ2n) is 8.07. The van der Waals surface area contributed by atoms with E-state index in [1.54, 1.807) is 24.3 Å². The minimum atomic E-state index is -0.299. The quantitative estimate of drug-likeness (QED) is 0.295. The van der Waals surface area contributed by atoms with E-state index in [0.717, 1.165) is 30.2 Å². The van der Waals surface area contributed by atoms with Crippen molar-refractivity contribution in [3.8, 4) is 0 Å². The summed E-state index contributed by atoms with van der Waals surface area (Å²) in [7, 11) is 0. The molecule has 0 radical (unpaired) electrons. The van der Waals surface area contributed by atoms with Crippen LogP contribution in [0.1, 0.15) is 80.9 Å². The molecule has 1 heterocycles. The predicted molar refractivity (Wildman–Crippen MR) is 126 cm³/mol. The summed E-state index contributed by atoms with van der Waals surface area (Å²) in [4.78, 5) is 24.7.